The first-order valence-electron chi connectivity index (χ1n) is 5.05. The van der Waals surface area contributed by atoms with Crippen molar-refractivity contribution < 1.29 is 18.3 Å². The molecule has 0 aromatic rings. The minimum Gasteiger partial charge on any atom is -0.468 e. The Labute approximate surface area is 89.0 Å². The predicted octanol–water partition coefficient (Wildman–Crippen LogP) is 1.95. The van der Waals surface area contributed by atoms with Crippen LogP contribution in [0, 0.1) is 5.92 Å². The molecule has 2 unspecified atom stereocenters. The van der Waals surface area contributed by atoms with Gasteiger partial charge in [0.05, 0.1) is 7.11 Å². The van der Waals surface area contributed by atoms with E-state index in [2.05, 4.69) is 4.74 Å². The maximum Gasteiger partial charge on any atom is 0.322 e. The van der Waals surface area contributed by atoms with Gasteiger partial charge in [-0.1, -0.05) is 13.8 Å². The fraction of sp³-hybridized carbons (Fsp3) is 0.900. The first-order chi connectivity index (χ1) is 6.84. The Bertz CT molecular complexity index is 210. The molecule has 0 spiro atoms. The average Bonchev–Trinajstić information content (AvgIpc) is 2.23. The molecule has 0 heterocycles. The molecule has 15 heavy (non-hydrogen) atoms. The van der Waals surface area contributed by atoms with Gasteiger partial charge in [0.15, 0.2) is 0 Å². The smallest absolute Gasteiger partial charge is 0.322 e. The number of methoxy groups -OCH3 is 1. The summed E-state index contributed by atoms with van der Waals surface area (Å²) in [6.45, 7) is 3.11. The van der Waals surface area contributed by atoms with E-state index in [0.29, 0.717) is 0 Å². The van der Waals surface area contributed by atoms with Crippen molar-refractivity contribution in [2.75, 3.05) is 7.11 Å². The number of carbonyl (C=O) groups is 1. The van der Waals surface area contributed by atoms with Crippen molar-refractivity contribution in [2.24, 2.45) is 11.7 Å². The van der Waals surface area contributed by atoms with Crippen molar-refractivity contribution in [2.45, 2.75) is 45.1 Å². The molecule has 2 N–H and O–H groups in total. The second-order valence-corrected chi connectivity index (χ2v) is 3.77. The molecule has 0 aromatic carbocycles. The Balaban J connectivity index is 4.03. The highest BCUT2D eigenvalue weighted by Crippen LogP contribution is 2.26. The van der Waals surface area contributed by atoms with Crippen LogP contribution in [-0.4, -0.2) is 25.0 Å². The quantitative estimate of drug-likeness (QED) is 0.700. The minimum absolute atomic E-state index is 0.187. The van der Waals surface area contributed by atoms with E-state index in [1.807, 2.05) is 0 Å². The number of nitrogens with two attached hydrogens (primary N) is 1. The van der Waals surface area contributed by atoms with E-state index in [1.165, 1.54) is 14.0 Å². The molecule has 0 fully saturated rings. The van der Waals surface area contributed by atoms with E-state index >= 15 is 0 Å². The van der Waals surface area contributed by atoms with Crippen LogP contribution in [0.4, 0.5) is 8.78 Å². The van der Waals surface area contributed by atoms with Gasteiger partial charge in [-0.3, -0.25) is 4.79 Å². The molecule has 0 aromatic heterocycles. The van der Waals surface area contributed by atoms with E-state index in [4.69, 9.17) is 5.73 Å². The summed E-state index contributed by atoms with van der Waals surface area (Å²) in [6, 6.07) is -0.817. The lowest BCUT2D eigenvalue weighted by molar-refractivity contribution is -0.143. The van der Waals surface area contributed by atoms with Gasteiger partial charge >= 0.3 is 5.97 Å². The lowest BCUT2D eigenvalue weighted by Crippen LogP contribution is -2.38. The third-order valence-electron chi connectivity index (χ3n) is 2.57. The van der Waals surface area contributed by atoms with Gasteiger partial charge in [-0.2, -0.15) is 0 Å². The Hall–Kier alpha value is -0.710. The zero-order valence-corrected chi connectivity index (χ0v) is 9.43. The Kier molecular flexibility index (Phi) is 5.72. The molecule has 0 rings (SSSR count). The number of alkyl halides is 2. The number of esters is 1. The van der Waals surface area contributed by atoms with Crippen molar-refractivity contribution in [3.05, 3.63) is 0 Å². The van der Waals surface area contributed by atoms with Crippen LogP contribution in [0.2, 0.25) is 0 Å². The van der Waals surface area contributed by atoms with Crippen molar-refractivity contribution in [1.29, 1.82) is 0 Å². The van der Waals surface area contributed by atoms with Gasteiger partial charge in [0.25, 0.3) is 0 Å². The van der Waals surface area contributed by atoms with Crippen LogP contribution in [-0.2, 0) is 9.53 Å². The summed E-state index contributed by atoms with van der Waals surface area (Å²) in [5, 5.41) is 0. The summed E-state index contributed by atoms with van der Waals surface area (Å²) in [7, 11) is 1.23. The topological polar surface area (TPSA) is 52.3 Å². The molecule has 0 amide bonds. The van der Waals surface area contributed by atoms with Gasteiger partial charge in [0, 0.05) is 12.8 Å². The minimum atomic E-state index is -2.66. The Morgan fingerprint density at radius 2 is 2.07 bits per heavy atom. The van der Waals surface area contributed by atoms with Gasteiger partial charge in [-0.15, -0.1) is 0 Å². The fourth-order valence-electron chi connectivity index (χ4n) is 1.16. The van der Waals surface area contributed by atoms with Crippen LogP contribution in [0.3, 0.4) is 0 Å². The van der Waals surface area contributed by atoms with Crippen LogP contribution in [0.5, 0.6) is 0 Å². The van der Waals surface area contributed by atoms with E-state index in [-0.39, 0.29) is 25.2 Å². The van der Waals surface area contributed by atoms with Crippen LogP contribution in [0.1, 0.15) is 33.1 Å². The normalized spacial score (nSPS) is 15.9. The van der Waals surface area contributed by atoms with Gasteiger partial charge in [0.1, 0.15) is 6.04 Å². The third kappa shape index (κ3) is 5.06. The summed E-state index contributed by atoms with van der Waals surface area (Å²) in [5.74, 6) is -3.51. The average molecular weight is 223 g/mol. The summed E-state index contributed by atoms with van der Waals surface area (Å²) in [4.78, 5) is 11.0. The van der Waals surface area contributed by atoms with Gasteiger partial charge in [0.2, 0.25) is 5.92 Å². The molecule has 0 aliphatic heterocycles. The molecule has 0 saturated heterocycles. The van der Waals surface area contributed by atoms with E-state index in [1.54, 1.807) is 6.92 Å². The standard InChI is InChI=1S/C10H19F2NO2/c1-4-10(11,12)6-5-7(2)8(13)9(14)15-3/h7-8H,4-6,13H2,1-3H3. The fourth-order valence-corrected chi connectivity index (χ4v) is 1.16. The molecule has 3 nitrogen and oxygen atoms in total. The maximum atomic E-state index is 12.9. The highest BCUT2D eigenvalue weighted by Gasteiger charge is 2.29. The highest BCUT2D eigenvalue weighted by molar-refractivity contribution is 5.75. The highest BCUT2D eigenvalue weighted by atomic mass is 19.3. The molecular weight excluding hydrogens is 204 g/mol. The third-order valence-corrected chi connectivity index (χ3v) is 2.57. The monoisotopic (exact) mass is 223 g/mol. The molecule has 0 radical (unpaired) electrons. The number of rotatable bonds is 6. The number of ether oxygens (including phenoxy) is 1. The largest absolute Gasteiger partial charge is 0.468 e. The summed E-state index contributed by atoms with van der Waals surface area (Å²) in [5.41, 5.74) is 5.52. The van der Waals surface area contributed by atoms with Crippen LogP contribution in [0.25, 0.3) is 0 Å². The number of hydrogen-bond acceptors (Lipinski definition) is 3. The molecule has 5 heteroatoms. The lowest BCUT2D eigenvalue weighted by Gasteiger charge is -2.20. The van der Waals surface area contributed by atoms with Gasteiger partial charge in [-0.25, -0.2) is 8.78 Å². The molecule has 0 saturated carbocycles. The number of hydrogen-bond donors (Lipinski definition) is 1. The zero-order chi connectivity index (χ0) is 12.1. The van der Waals surface area contributed by atoms with E-state index in [9.17, 15) is 13.6 Å². The lowest BCUT2D eigenvalue weighted by atomic mass is 9.95. The second-order valence-electron chi connectivity index (χ2n) is 3.77. The predicted molar refractivity (Wildman–Crippen MR) is 53.6 cm³/mol. The first-order valence-corrected chi connectivity index (χ1v) is 5.05. The van der Waals surface area contributed by atoms with E-state index in [0.717, 1.165) is 0 Å². The van der Waals surface area contributed by atoms with Crippen LogP contribution >= 0.6 is 0 Å². The Morgan fingerprint density at radius 3 is 2.47 bits per heavy atom. The molecular formula is C10H19F2NO2. The van der Waals surface area contributed by atoms with Crippen molar-refractivity contribution in [3.8, 4) is 0 Å². The first kappa shape index (κ1) is 14.3. The number of carbonyl (C=O) groups excluding carboxylic acids is 1. The molecule has 0 aliphatic carbocycles. The van der Waals surface area contributed by atoms with Crippen LogP contribution in [0.15, 0.2) is 0 Å². The summed E-state index contributed by atoms with van der Waals surface area (Å²) < 4.78 is 30.2. The molecule has 0 aliphatic rings. The zero-order valence-electron chi connectivity index (χ0n) is 9.43. The van der Waals surface area contributed by atoms with Crippen LogP contribution < -0.4 is 5.73 Å². The van der Waals surface area contributed by atoms with Crippen molar-refractivity contribution in [1.82, 2.24) is 0 Å². The maximum absolute atomic E-state index is 12.9. The van der Waals surface area contributed by atoms with Gasteiger partial charge < -0.3 is 10.5 Å². The van der Waals surface area contributed by atoms with Gasteiger partial charge in [-0.05, 0) is 12.3 Å². The van der Waals surface area contributed by atoms with E-state index < -0.39 is 17.9 Å². The van der Waals surface area contributed by atoms with Crippen molar-refractivity contribution in [3.63, 3.8) is 0 Å². The van der Waals surface area contributed by atoms with Crippen molar-refractivity contribution >= 4 is 5.97 Å². The molecule has 0 bridgehead atoms. The molecule has 90 valence electrons. The Morgan fingerprint density at radius 1 is 1.53 bits per heavy atom. The summed E-state index contributed by atoms with van der Waals surface area (Å²) >= 11 is 0. The molecule has 2 atom stereocenters. The second kappa shape index (κ2) is 6.00. The number of halogens is 2. The summed E-state index contributed by atoms with van der Waals surface area (Å²) in [6.07, 6.45) is -0.209. The SMILES string of the molecule is CCC(F)(F)CCC(C)C(N)C(=O)OC.